The van der Waals surface area contributed by atoms with Crippen molar-refractivity contribution in [1.29, 1.82) is 0 Å². The van der Waals surface area contributed by atoms with Crippen LogP contribution in [-0.4, -0.2) is 29.9 Å². The highest BCUT2D eigenvalue weighted by Crippen LogP contribution is 2.29. The molecule has 3 rings (SSSR count). The summed E-state index contributed by atoms with van der Waals surface area (Å²) >= 11 is 1.58. The molecule has 1 fully saturated rings. The molecule has 2 N–H and O–H groups in total. The van der Waals surface area contributed by atoms with Gasteiger partial charge in [-0.3, -0.25) is 4.79 Å². The minimum absolute atomic E-state index is 0. The Morgan fingerprint density at radius 3 is 2.90 bits per heavy atom. The molecule has 0 radical (unpaired) electrons. The van der Waals surface area contributed by atoms with Gasteiger partial charge in [-0.2, -0.15) is 0 Å². The van der Waals surface area contributed by atoms with Crippen molar-refractivity contribution in [3.63, 3.8) is 0 Å². The van der Waals surface area contributed by atoms with Crippen LogP contribution in [0, 0.1) is 5.92 Å². The van der Waals surface area contributed by atoms with Crippen LogP contribution < -0.4 is 5.73 Å². The summed E-state index contributed by atoms with van der Waals surface area (Å²) in [5.74, 6) is 0.639. The van der Waals surface area contributed by atoms with Crippen LogP contribution in [0.3, 0.4) is 0 Å². The zero-order valence-electron chi connectivity index (χ0n) is 12.1. The lowest BCUT2D eigenvalue weighted by molar-refractivity contribution is 0.0537. The average molecular weight is 325 g/mol. The first-order valence-electron chi connectivity index (χ1n) is 7.20. The Labute approximate surface area is 135 Å². The van der Waals surface area contributed by atoms with E-state index in [1.807, 2.05) is 23.1 Å². The Kier molecular flexibility index (Phi) is 5.25. The summed E-state index contributed by atoms with van der Waals surface area (Å²) in [6, 6.07) is 10.3. The second kappa shape index (κ2) is 6.77. The molecule has 2 aromatic rings. The first-order chi connectivity index (χ1) is 9.70. The molecule has 1 aromatic heterocycles. The number of nitrogens with zero attached hydrogens (tertiary/aromatic N) is 1. The van der Waals surface area contributed by atoms with Gasteiger partial charge in [0.25, 0.3) is 5.91 Å². The highest BCUT2D eigenvalue weighted by atomic mass is 35.5. The van der Waals surface area contributed by atoms with E-state index in [0.717, 1.165) is 29.6 Å². The molecule has 1 amide bonds. The fraction of sp³-hybridized carbons (Fsp3) is 0.438. The van der Waals surface area contributed by atoms with Crippen molar-refractivity contribution in [2.75, 3.05) is 13.1 Å². The van der Waals surface area contributed by atoms with E-state index in [0.29, 0.717) is 12.5 Å². The largest absolute Gasteiger partial charge is 0.333 e. The second-order valence-corrected chi connectivity index (χ2v) is 6.65. The molecule has 0 bridgehead atoms. The zero-order chi connectivity index (χ0) is 14.1. The van der Waals surface area contributed by atoms with Crippen molar-refractivity contribution in [1.82, 2.24) is 4.90 Å². The van der Waals surface area contributed by atoms with Gasteiger partial charge in [0.2, 0.25) is 0 Å². The summed E-state index contributed by atoms with van der Waals surface area (Å²) in [4.78, 5) is 15.6. The van der Waals surface area contributed by atoms with Gasteiger partial charge in [-0.05, 0) is 36.3 Å². The lowest BCUT2D eigenvalue weighted by atomic mass is 9.90. The molecule has 5 heteroatoms. The van der Waals surface area contributed by atoms with Crippen LogP contribution in [0.2, 0.25) is 0 Å². The van der Waals surface area contributed by atoms with Gasteiger partial charge in [-0.25, -0.2) is 0 Å². The van der Waals surface area contributed by atoms with Crippen LogP contribution in [0.25, 0.3) is 10.1 Å². The van der Waals surface area contributed by atoms with E-state index in [-0.39, 0.29) is 24.4 Å². The number of thiophene rings is 1. The van der Waals surface area contributed by atoms with Gasteiger partial charge in [0.1, 0.15) is 0 Å². The molecule has 114 valence electrons. The van der Waals surface area contributed by atoms with E-state index >= 15 is 0 Å². The van der Waals surface area contributed by atoms with Crippen LogP contribution >= 0.6 is 23.7 Å². The number of benzene rings is 1. The van der Waals surface area contributed by atoms with Crippen molar-refractivity contribution in [3.05, 3.63) is 35.2 Å². The van der Waals surface area contributed by atoms with Crippen molar-refractivity contribution >= 4 is 39.7 Å². The molecule has 1 saturated heterocycles. The molecule has 0 aliphatic carbocycles. The smallest absolute Gasteiger partial charge is 0.264 e. The molecule has 1 aliphatic heterocycles. The molecular weight excluding hydrogens is 304 g/mol. The highest BCUT2D eigenvalue weighted by molar-refractivity contribution is 7.20. The predicted octanol–water partition coefficient (Wildman–Crippen LogP) is 3.52. The maximum Gasteiger partial charge on any atom is 0.264 e. The maximum absolute atomic E-state index is 12.8. The van der Waals surface area contributed by atoms with E-state index in [9.17, 15) is 4.79 Å². The SMILES string of the molecule is CC1CCCN(C(=O)c2cc3ccccc3s2)C1CN.Cl. The number of hydrogen-bond donors (Lipinski definition) is 1. The first kappa shape index (κ1) is 16.3. The third-order valence-electron chi connectivity index (χ3n) is 4.25. The van der Waals surface area contributed by atoms with Gasteiger partial charge in [-0.1, -0.05) is 25.1 Å². The summed E-state index contributed by atoms with van der Waals surface area (Å²) in [5.41, 5.74) is 5.88. The number of nitrogens with two attached hydrogens (primary N) is 1. The quantitative estimate of drug-likeness (QED) is 0.918. The molecule has 1 aromatic carbocycles. The number of fused-ring (bicyclic) bond motifs is 1. The predicted molar refractivity (Wildman–Crippen MR) is 91.3 cm³/mol. The van der Waals surface area contributed by atoms with Crippen LogP contribution in [0.15, 0.2) is 30.3 Å². The average Bonchev–Trinajstić information content (AvgIpc) is 2.90. The summed E-state index contributed by atoms with van der Waals surface area (Å²) in [6.45, 7) is 3.58. The Hall–Kier alpha value is -1.10. The van der Waals surface area contributed by atoms with E-state index in [4.69, 9.17) is 5.73 Å². The molecule has 0 spiro atoms. The number of likely N-dealkylation sites (tertiary alicyclic amines) is 1. The molecule has 1 aliphatic rings. The Morgan fingerprint density at radius 1 is 1.43 bits per heavy atom. The van der Waals surface area contributed by atoms with Gasteiger partial charge in [-0.15, -0.1) is 23.7 Å². The van der Waals surface area contributed by atoms with Crippen molar-refractivity contribution in [2.24, 2.45) is 11.7 Å². The summed E-state index contributed by atoms with van der Waals surface area (Å²) < 4.78 is 1.17. The summed E-state index contributed by atoms with van der Waals surface area (Å²) in [5, 5.41) is 1.15. The standard InChI is InChI=1S/C16H20N2OS.ClH/c1-11-5-4-8-18(13(11)10-17)16(19)15-9-12-6-2-3-7-14(12)20-15;/h2-3,6-7,9,11,13H,4-5,8,10,17H2,1H3;1H. The second-order valence-electron chi connectivity index (χ2n) is 5.57. The lowest BCUT2D eigenvalue weighted by Gasteiger charge is -2.39. The van der Waals surface area contributed by atoms with Gasteiger partial charge < -0.3 is 10.6 Å². The van der Waals surface area contributed by atoms with Gasteiger partial charge in [0.05, 0.1) is 4.88 Å². The Bertz CT molecular complexity index is 595. The Morgan fingerprint density at radius 2 is 2.19 bits per heavy atom. The molecule has 2 heterocycles. The van der Waals surface area contributed by atoms with Crippen LogP contribution in [0.5, 0.6) is 0 Å². The first-order valence-corrected chi connectivity index (χ1v) is 8.02. The van der Waals surface area contributed by atoms with Crippen LogP contribution in [0.1, 0.15) is 29.4 Å². The Balaban J connectivity index is 0.00000161. The summed E-state index contributed by atoms with van der Waals surface area (Å²) in [6.07, 6.45) is 2.24. The third kappa shape index (κ3) is 3.07. The van der Waals surface area contributed by atoms with Gasteiger partial charge in [0.15, 0.2) is 0 Å². The van der Waals surface area contributed by atoms with E-state index < -0.39 is 0 Å². The van der Waals surface area contributed by atoms with Crippen molar-refractivity contribution in [2.45, 2.75) is 25.8 Å². The van der Waals surface area contributed by atoms with Crippen LogP contribution in [0.4, 0.5) is 0 Å². The molecule has 2 unspecified atom stereocenters. The minimum atomic E-state index is 0. The fourth-order valence-electron chi connectivity index (χ4n) is 3.09. The summed E-state index contributed by atoms with van der Waals surface area (Å²) in [7, 11) is 0. The number of carbonyl (C=O) groups excluding carboxylic acids is 1. The molecule has 2 atom stereocenters. The number of rotatable bonds is 2. The zero-order valence-corrected chi connectivity index (χ0v) is 13.8. The minimum Gasteiger partial charge on any atom is -0.333 e. The fourth-order valence-corrected chi connectivity index (χ4v) is 4.11. The molecular formula is C16H21ClN2OS. The monoisotopic (exact) mass is 324 g/mol. The number of carbonyl (C=O) groups is 1. The van der Waals surface area contributed by atoms with Crippen molar-refractivity contribution in [3.8, 4) is 0 Å². The number of piperidine rings is 1. The van der Waals surface area contributed by atoms with Crippen LogP contribution in [-0.2, 0) is 0 Å². The van der Waals surface area contributed by atoms with E-state index in [2.05, 4.69) is 19.1 Å². The molecule has 3 nitrogen and oxygen atoms in total. The molecule has 0 saturated carbocycles. The molecule has 21 heavy (non-hydrogen) atoms. The van der Waals surface area contributed by atoms with Gasteiger partial charge >= 0.3 is 0 Å². The number of halogens is 1. The maximum atomic E-state index is 12.8. The van der Waals surface area contributed by atoms with E-state index in [1.54, 1.807) is 11.3 Å². The topological polar surface area (TPSA) is 46.3 Å². The third-order valence-corrected chi connectivity index (χ3v) is 5.36. The number of hydrogen-bond acceptors (Lipinski definition) is 3. The van der Waals surface area contributed by atoms with Crippen molar-refractivity contribution < 1.29 is 4.79 Å². The van der Waals surface area contributed by atoms with E-state index in [1.165, 1.54) is 4.70 Å². The highest BCUT2D eigenvalue weighted by Gasteiger charge is 2.31. The lowest BCUT2D eigenvalue weighted by Crippen LogP contribution is -2.51. The normalized spacial score (nSPS) is 22.1. The number of amides is 1. The van der Waals surface area contributed by atoms with Gasteiger partial charge in [0, 0.05) is 23.8 Å².